The van der Waals surface area contributed by atoms with Crippen LogP contribution in [-0.2, 0) is 4.79 Å². The van der Waals surface area contributed by atoms with Crippen molar-refractivity contribution in [3.05, 3.63) is 22.4 Å². The fourth-order valence-corrected chi connectivity index (χ4v) is 2.01. The number of hydrogen-bond acceptors (Lipinski definition) is 3. The third kappa shape index (κ3) is 2.43. The van der Waals surface area contributed by atoms with E-state index in [0.29, 0.717) is 0 Å². The van der Waals surface area contributed by atoms with Crippen LogP contribution in [0.3, 0.4) is 0 Å². The highest BCUT2D eigenvalue weighted by molar-refractivity contribution is 7.10. The molecular formula is C8H12ClN2OS+. The molecule has 0 unspecified atom stereocenters. The minimum atomic E-state index is -0.384. The molecule has 0 saturated carbocycles. The average molecular weight is 220 g/mol. The quantitative estimate of drug-likeness (QED) is 0.758. The van der Waals surface area contributed by atoms with Crippen LogP contribution in [0, 0.1) is 11.8 Å². The maximum absolute atomic E-state index is 11.6. The standard InChI is InChI=1S/C8H12ClN2OS/c1-11(2)8(12)7(10-9)6-4-3-5-13-6/h3-5,7,9-10H,1-2H3/q+1/t7-/m0/s1. The van der Waals surface area contributed by atoms with E-state index in [1.54, 1.807) is 14.1 Å². The van der Waals surface area contributed by atoms with Gasteiger partial charge in [0.15, 0.2) is 6.04 Å². The molecule has 0 aliphatic carbocycles. The third-order valence-electron chi connectivity index (χ3n) is 1.63. The molecule has 13 heavy (non-hydrogen) atoms. The molecule has 0 radical (unpaired) electrons. The summed E-state index contributed by atoms with van der Waals surface area (Å²) in [7, 11) is 3.44. The molecule has 1 atom stereocenters. The first kappa shape index (κ1) is 10.5. The first-order valence-electron chi connectivity index (χ1n) is 3.79. The van der Waals surface area contributed by atoms with Gasteiger partial charge in [-0.1, -0.05) is 10.9 Å². The molecule has 0 aromatic carbocycles. The monoisotopic (exact) mass is 219 g/mol. The molecule has 0 saturated heterocycles. The van der Waals surface area contributed by atoms with E-state index in [1.807, 2.05) is 17.5 Å². The van der Waals surface area contributed by atoms with Crippen molar-refractivity contribution >= 4 is 17.2 Å². The van der Waals surface area contributed by atoms with Gasteiger partial charge in [0.1, 0.15) is 0 Å². The molecule has 0 bridgehead atoms. The van der Waals surface area contributed by atoms with E-state index >= 15 is 0 Å². The van der Waals surface area contributed by atoms with Gasteiger partial charge in [0.25, 0.3) is 0 Å². The summed E-state index contributed by atoms with van der Waals surface area (Å²) in [6, 6.07) is 3.42. The van der Waals surface area contributed by atoms with Crippen LogP contribution < -0.4 is 4.84 Å². The molecule has 3 nitrogen and oxygen atoms in total. The van der Waals surface area contributed by atoms with Gasteiger partial charge in [-0.15, -0.1) is 11.3 Å². The van der Waals surface area contributed by atoms with E-state index in [9.17, 15) is 4.79 Å². The number of carbonyl (C=O) groups is 1. The Morgan fingerprint density at radius 2 is 2.38 bits per heavy atom. The predicted molar refractivity (Wildman–Crippen MR) is 50.3 cm³/mol. The van der Waals surface area contributed by atoms with Crippen molar-refractivity contribution in [3.63, 3.8) is 0 Å². The van der Waals surface area contributed by atoms with Gasteiger partial charge in [0, 0.05) is 19.0 Å². The SMILES string of the molecule is CN(C)C(=O)[C@@H](N[ClH+])c1cccs1. The Kier molecular flexibility index (Phi) is 3.71. The summed E-state index contributed by atoms with van der Waals surface area (Å²) in [5, 5.41) is 1.93. The van der Waals surface area contributed by atoms with E-state index in [0.717, 1.165) is 4.88 Å². The van der Waals surface area contributed by atoms with Gasteiger partial charge in [0.2, 0.25) is 17.7 Å². The third-order valence-corrected chi connectivity index (χ3v) is 2.81. The van der Waals surface area contributed by atoms with Crippen LogP contribution in [0.1, 0.15) is 10.9 Å². The summed E-state index contributed by atoms with van der Waals surface area (Å²) in [5.74, 6) is -0.0163. The molecule has 0 fully saturated rings. The Bertz CT molecular complexity index is 274. The highest BCUT2D eigenvalue weighted by Gasteiger charge is 2.24. The second kappa shape index (κ2) is 4.60. The minimum absolute atomic E-state index is 0.0163. The lowest BCUT2D eigenvalue weighted by atomic mass is 10.2. The second-order valence-corrected chi connectivity index (χ2v) is 4.01. The van der Waals surface area contributed by atoms with Gasteiger partial charge >= 0.3 is 0 Å². The van der Waals surface area contributed by atoms with E-state index in [-0.39, 0.29) is 11.9 Å². The summed E-state index contributed by atoms with van der Waals surface area (Å²) in [6.07, 6.45) is 0. The highest BCUT2D eigenvalue weighted by Crippen LogP contribution is 2.19. The second-order valence-electron chi connectivity index (χ2n) is 2.80. The zero-order valence-corrected chi connectivity index (χ0v) is 9.11. The highest BCUT2D eigenvalue weighted by atomic mass is 35.5. The van der Waals surface area contributed by atoms with E-state index in [4.69, 9.17) is 11.8 Å². The number of halogens is 1. The number of rotatable bonds is 3. The molecule has 72 valence electrons. The summed E-state index contributed by atoms with van der Waals surface area (Å²) in [4.78, 5) is 16.6. The Hall–Kier alpha value is -0.580. The molecule has 1 heterocycles. The molecular weight excluding hydrogens is 208 g/mol. The van der Waals surface area contributed by atoms with Crippen LogP contribution in [-0.4, -0.2) is 24.9 Å². The van der Waals surface area contributed by atoms with Gasteiger partial charge in [0.05, 0.1) is 0 Å². The van der Waals surface area contributed by atoms with E-state index in [1.165, 1.54) is 16.2 Å². The summed E-state index contributed by atoms with van der Waals surface area (Å²) in [6.45, 7) is 0. The van der Waals surface area contributed by atoms with Crippen molar-refractivity contribution in [1.82, 2.24) is 9.74 Å². The molecule has 0 aliphatic rings. The molecule has 0 spiro atoms. The van der Waals surface area contributed by atoms with Crippen LogP contribution >= 0.6 is 11.3 Å². The molecule has 1 aromatic rings. The van der Waals surface area contributed by atoms with E-state index in [2.05, 4.69) is 4.84 Å². The lowest BCUT2D eigenvalue weighted by Gasteiger charge is -2.14. The van der Waals surface area contributed by atoms with Crippen LogP contribution in [0.4, 0.5) is 0 Å². The molecule has 1 aromatic heterocycles. The molecule has 5 heteroatoms. The van der Waals surface area contributed by atoms with Crippen LogP contribution in [0.25, 0.3) is 0 Å². The van der Waals surface area contributed by atoms with Gasteiger partial charge < -0.3 is 4.90 Å². The van der Waals surface area contributed by atoms with Gasteiger partial charge in [-0.25, -0.2) is 0 Å². The van der Waals surface area contributed by atoms with Crippen molar-refractivity contribution in [2.75, 3.05) is 14.1 Å². The number of nitrogens with zero attached hydrogens (tertiary/aromatic N) is 1. The molecule has 1 N–H and O–H groups in total. The van der Waals surface area contributed by atoms with Gasteiger partial charge in [-0.2, -0.15) is 0 Å². The number of hydrogen-bond donors (Lipinski definition) is 1. The van der Waals surface area contributed by atoms with Crippen molar-refractivity contribution in [3.8, 4) is 0 Å². The number of amides is 1. The Morgan fingerprint density at radius 3 is 2.77 bits per heavy atom. The normalized spacial score (nSPS) is 12.5. The fourth-order valence-electron chi connectivity index (χ4n) is 0.944. The molecule has 1 amide bonds. The Labute approximate surface area is 86.4 Å². The molecule has 1 rings (SSSR count). The predicted octanol–water partition coefficient (Wildman–Crippen LogP) is 0.664. The maximum Gasteiger partial charge on any atom is 0.249 e. The Balaban J connectivity index is 2.80. The van der Waals surface area contributed by atoms with Crippen molar-refractivity contribution in [2.24, 2.45) is 0 Å². The van der Waals surface area contributed by atoms with Crippen LogP contribution in [0.5, 0.6) is 0 Å². The van der Waals surface area contributed by atoms with Gasteiger partial charge in [-0.05, 0) is 11.4 Å². The zero-order valence-electron chi connectivity index (χ0n) is 7.48. The minimum Gasteiger partial charge on any atom is -0.347 e. The number of carbonyl (C=O) groups excluding carboxylic acids is 1. The van der Waals surface area contributed by atoms with Gasteiger partial charge in [-0.3, -0.25) is 4.79 Å². The van der Waals surface area contributed by atoms with Crippen molar-refractivity contribution < 1.29 is 16.6 Å². The van der Waals surface area contributed by atoms with Crippen molar-refractivity contribution in [1.29, 1.82) is 0 Å². The van der Waals surface area contributed by atoms with Crippen LogP contribution in [0.15, 0.2) is 17.5 Å². The zero-order chi connectivity index (χ0) is 9.84. The number of likely N-dealkylation sites (N-methyl/N-ethyl adjacent to an activating group) is 1. The summed E-state index contributed by atoms with van der Waals surface area (Å²) in [5.41, 5.74) is 0. The van der Waals surface area contributed by atoms with Crippen molar-refractivity contribution in [2.45, 2.75) is 6.04 Å². The van der Waals surface area contributed by atoms with Crippen LogP contribution in [0.2, 0.25) is 0 Å². The summed E-state index contributed by atoms with van der Waals surface area (Å²) >= 11 is 6.25. The fraction of sp³-hybridized carbons (Fsp3) is 0.375. The number of thiophene rings is 1. The maximum atomic E-state index is 11.6. The first-order chi connectivity index (χ1) is 6.16. The lowest BCUT2D eigenvalue weighted by molar-refractivity contribution is -0.450. The summed E-state index contributed by atoms with van der Waals surface area (Å²) < 4.78 is 0. The number of nitrogens with one attached hydrogen (secondary N) is 1. The smallest absolute Gasteiger partial charge is 0.249 e. The van der Waals surface area contributed by atoms with E-state index < -0.39 is 0 Å². The topological polar surface area (TPSA) is 32.3 Å². The largest absolute Gasteiger partial charge is 0.347 e. The molecule has 0 aliphatic heterocycles. The first-order valence-corrected chi connectivity index (χ1v) is 5.08. The lowest BCUT2D eigenvalue weighted by Crippen LogP contribution is -2.34. The average Bonchev–Trinajstić information content (AvgIpc) is 2.58. The Morgan fingerprint density at radius 1 is 1.69 bits per heavy atom.